The highest BCUT2D eigenvalue weighted by molar-refractivity contribution is 8.04. The fourth-order valence-corrected chi connectivity index (χ4v) is 9.08. The Morgan fingerprint density at radius 3 is 2.76 bits per heavy atom. The van der Waals surface area contributed by atoms with Crippen LogP contribution >= 0.6 is 46.2 Å². The summed E-state index contributed by atoms with van der Waals surface area (Å²) in [5.41, 5.74) is 1.49. The number of benzene rings is 1. The molecule has 9 nitrogen and oxygen atoms in total. The molecular formula is C28H26N4O5S4. The summed E-state index contributed by atoms with van der Waals surface area (Å²) in [5.74, 6) is -1.49. The number of β-lactam (4-membered cyclic amide) rings is 1. The van der Waals surface area contributed by atoms with Gasteiger partial charge in [-0.25, -0.2) is 4.79 Å². The summed E-state index contributed by atoms with van der Waals surface area (Å²) >= 11 is 5.76. The summed E-state index contributed by atoms with van der Waals surface area (Å²) in [5, 5.41) is 20.0. The first-order valence-electron chi connectivity index (χ1n) is 13.0. The average Bonchev–Trinajstić information content (AvgIpc) is 3.48. The predicted octanol–water partition coefficient (Wildman–Crippen LogP) is 3.32. The minimum absolute atomic E-state index is 0.0543. The Bertz CT molecular complexity index is 1630. The van der Waals surface area contributed by atoms with E-state index in [1.54, 1.807) is 17.6 Å². The van der Waals surface area contributed by atoms with Gasteiger partial charge >= 0.3 is 5.97 Å². The van der Waals surface area contributed by atoms with E-state index in [4.69, 9.17) is 0 Å². The van der Waals surface area contributed by atoms with Gasteiger partial charge in [0.15, 0.2) is 5.43 Å². The predicted molar refractivity (Wildman–Crippen MR) is 166 cm³/mol. The van der Waals surface area contributed by atoms with E-state index < -0.39 is 23.3 Å². The number of hydrogen-bond donors (Lipinski definition) is 3. The normalized spacial score (nSPS) is 20.8. The molecule has 41 heavy (non-hydrogen) atoms. The van der Waals surface area contributed by atoms with Gasteiger partial charge in [0, 0.05) is 58.6 Å². The fourth-order valence-electron chi connectivity index (χ4n) is 5.05. The lowest BCUT2D eigenvalue weighted by Gasteiger charge is -2.49. The zero-order valence-corrected chi connectivity index (χ0v) is 25.0. The lowest BCUT2D eigenvalue weighted by atomic mass is 10.0. The molecule has 0 spiro atoms. The highest BCUT2D eigenvalue weighted by atomic mass is 32.2. The average molecular weight is 627 g/mol. The first-order valence-corrected chi connectivity index (χ1v) is 16.6. The molecule has 2 atom stereocenters. The highest BCUT2D eigenvalue weighted by Gasteiger charge is 2.53. The monoisotopic (exact) mass is 626 g/mol. The van der Waals surface area contributed by atoms with Gasteiger partial charge in [0.25, 0.3) is 5.91 Å². The Morgan fingerprint density at radius 1 is 1.17 bits per heavy atom. The van der Waals surface area contributed by atoms with E-state index in [0.29, 0.717) is 16.7 Å². The number of piperazine rings is 1. The van der Waals surface area contributed by atoms with E-state index in [1.807, 2.05) is 29.6 Å². The van der Waals surface area contributed by atoms with Crippen molar-refractivity contribution in [2.24, 2.45) is 0 Å². The minimum Gasteiger partial charge on any atom is -0.477 e. The molecule has 3 aliphatic rings. The number of thiophene rings is 1. The number of carboxylic acids is 1. The number of nitrogens with one attached hydrogen (secondary N) is 2. The zero-order valence-electron chi connectivity index (χ0n) is 21.7. The number of fused-ring (bicyclic) bond motifs is 2. The summed E-state index contributed by atoms with van der Waals surface area (Å²) in [6.07, 6.45) is 1.88. The number of carbonyl (C=O) groups is 3. The number of carboxylic acid groups (broad SMARTS) is 1. The van der Waals surface area contributed by atoms with E-state index in [9.17, 15) is 24.3 Å². The maximum Gasteiger partial charge on any atom is 0.352 e. The molecule has 0 radical (unpaired) electrons. The maximum atomic E-state index is 12.9. The van der Waals surface area contributed by atoms with Gasteiger partial charge in [-0.1, -0.05) is 17.8 Å². The van der Waals surface area contributed by atoms with Gasteiger partial charge in [-0.05, 0) is 46.7 Å². The Morgan fingerprint density at radius 2 is 2.00 bits per heavy atom. The van der Waals surface area contributed by atoms with Gasteiger partial charge in [0.2, 0.25) is 5.91 Å². The van der Waals surface area contributed by atoms with Crippen LogP contribution in [0, 0.1) is 0 Å². The van der Waals surface area contributed by atoms with Crippen molar-refractivity contribution in [3.8, 4) is 0 Å². The molecule has 3 N–H and O–H groups in total. The van der Waals surface area contributed by atoms with E-state index >= 15 is 0 Å². The van der Waals surface area contributed by atoms with Gasteiger partial charge < -0.3 is 20.6 Å². The molecule has 212 valence electrons. The van der Waals surface area contributed by atoms with Crippen molar-refractivity contribution in [3.63, 3.8) is 0 Å². The van der Waals surface area contributed by atoms with Crippen LogP contribution in [0.1, 0.15) is 4.88 Å². The number of thioether (sulfide) groups is 2. The highest BCUT2D eigenvalue weighted by Crippen LogP contribution is 2.41. The third-order valence-corrected chi connectivity index (χ3v) is 11.3. The van der Waals surface area contributed by atoms with E-state index in [0.717, 1.165) is 45.7 Å². The van der Waals surface area contributed by atoms with Gasteiger partial charge in [-0.15, -0.1) is 34.4 Å². The van der Waals surface area contributed by atoms with Crippen LogP contribution in [-0.2, 0) is 20.8 Å². The summed E-state index contributed by atoms with van der Waals surface area (Å²) in [6, 6.07) is 10.5. The second-order valence-corrected chi connectivity index (χ2v) is 14.1. The third kappa shape index (κ3) is 5.82. The number of rotatable bonds is 8. The number of nitrogens with zero attached hydrogens (tertiary/aromatic N) is 2. The Hall–Kier alpha value is -3.10. The Kier molecular flexibility index (Phi) is 8.22. The molecule has 0 bridgehead atoms. The van der Waals surface area contributed by atoms with Crippen LogP contribution in [-0.4, -0.2) is 71.1 Å². The largest absolute Gasteiger partial charge is 0.477 e. The van der Waals surface area contributed by atoms with Gasteiger partial charge in [-0.2, -0.15) is 0 Å². The number of anilines is 1. The molecule has 2 amide bonds. The molecule has 13 heteroatoms. The van der Waals surface area contributed by atoms with Gasteiger partial charge in [-0.3, -0.25) is 19.3 Å². The first-order chi connectivity index (χ1) is 19.9. The molecule has 1 aromatic carbocycles. The van der Waals surface area contributed by atoms with Crippen molar-refractivity contribution in [2.75, 3.05) is 36.8 Å². The Balaban J connectivity index is 1.16. The molecule has 5 heterocycles. The molecule has 6 rings (SSSR count). The van der Waals surface area contributed by atoms with Crippen molar-refractivity contribution >= 4 is 79.8 Å². The first kappa shape index (κ1) is 28.0. The smallest absolute Gasteiger partial charge is 0.352 e. The molecule has 2 saturated heterocycles. The van der Waals surface area contributed by atoms with Crippen LogP contribution in [0.4, 0.5) is 5.69 Å². The van der Waals surface area contributed by atoms with E-state index in [1.165, 1.54) is 51.1 Å². The molecule has 2 fully saturated rings. The number of hydrogen-bond acceptors (Lipinski definition) is 10. The summed E-state index contributed by atoms with van der Waals surface area (Å²) < 4.78 is 1.70. The zero-order chi connectivity index (χ0) is 28.5. The number of carbonyl (C=O) groups excluding carboxylic acids is 2. The number of aliphatic carboxylic acids is 1. The number of amides is 2. The molecule has 0 aliphatic carbocycles. The molecule has 2 aromatic heterocycles. The van der Waals surface area contributed by atoms with Crippen LogP contribution in [0.3, 0.4) is 0 Å². The van der Waals surface area contributed by atoms with E-state index in [-0.39, 0.29) is 23.5 Å². The van der Waals surface area contributed by atoms with Gasteiger partial charge in [0.1, 0.15) is 17.1 Å². The van der Waals surface area contributed by atoms with Crippen LogP contribution in [0.25, 0.3) is 10.1 Å². The summed E-state index contributed by atoms with van der Waals surface area (Å²) in [7, 11) is 0. The van der Waals surface area contributed by atoms with Crippen molar-refractivity contribution in [1.82, 2.24) is 15.5 Å². The lowest BCUT2D eigenvalue weighted by molar-refractivity contribution is -0.150. The fraction of sp³-hybridized carbons (Fsp3) is 0.286. The molecule has 3 aromatic rings. The molecular weight excluding hydrogens is 601 g/mol. The second kappa shape index (κ2) is 12.0. The molecule has 2 unspecified atom stereocenters. The summed E-state index contributed by atoms with van der Waals surface area (Å²) in [6.45, 7) is 3.69. The topological polar surface area (TPSA) is 119 Å². The quantitative estimate of drug-likeness (QED) is 0.256. The van der Waals surface area contributed by atoms with Crippen molar-refractivity contribution in [3.05, 3.63) is 79.6 Å². The minimum atomic E-state index is -1.19. The van der Waals surface area contributed by atoms with Crippen LogP contribution < -0.4 is 21.0 Å². The number of allylic oxidation sites excluding steroid dienone is 1. The summed E-state index contributed by atoms with van der Waals surface area (Å²) in [4.78, 5) is 54.8. The standard InChI is InChI=1S/C28H26N4O5S4/c33-20-14-23(41-21-12-17(3-4-19(20)21)31-8-6-29-7-9-31)39-11-5-16-15-40-27-24(26(35)32(27)25(16)28(36)37)30-22(34)13-18-2-1-10-38-18/h1-5,10-12,14,24,27,29H,6-9,13,15H2,(H,30,34)(H,36,37)/b11-5+. The van der Waals surface area contributed by atoms with Gasteiger partial charge in [0.05, 0.1) is 10.6 Å². The van der Waals surface area contributed by atoms with Crippen molar-refractivity contribution in [2.45, 2.75) is 22.0 Å². The van der Waals surface area contributed by atoms with Crippen LogP contribution in [0.15, 0.2) is 73.5 Å². The second-order valence-electron chi connectivity index (χ2n) is 9.66. The Labute approximate surface area is 252 Å². The SMILES string of the molecule is O=C(Cc1cccs1)NC1C(=O)N2C(C(=O)O)=C(/C=C/Sc3cc(=O)c4ccc(N5CCNCC5)cc4s3)CSC12. The lowest BCUT2D eigenvalue weighted by Crippen LogP contribution is -2.70. The van der Waals surface area contributed by atoms with Crippen molar-refractivity contribution < 1.29 is 19.5 Å². The maximum absolute atomic E-state index is 12.9. The third-order valence-electron chi connectivity index (χ3n) is 7.06. The van der Waals surface area contributed by atoms with Crippen molar-refractivity contribution in [1.29, 1.82) is 0 Å². The molecule has 0 saturated carbocycles. The van der Waals surface area contributed by atoms with E-state index in [2.05, 4.69) is 21.6 Å². The molecule has 3 aliphatic heterocycles. The van der Waals surface area contributed by atoms with Crippen LogP contribution in [0.2, 0.25) is 0 Å². The van der Waals surface area contributed by atoms with Crippen LogP contribution in [0.5, 0.6) is 0 Å².